The van der Waals surface area contributed by atoms with Gasteiger partial charge in [0.15, 0.2) is 0 Å². The maximum Gasteiger partial charge on any atom is 0.410 e. The number of rotatable bonds is 0. The molecule has 110 valence electrons. The van der Waals surface area contributed by atoms with Crippen molar-refractivity contribution in [1.82, 2.24) is 4.90 Å². The SMILES string of the molecule is CC1Cc2c(Br)ccc(Br)c2CN1C(=O)OC(C)(C)C. The van der Waals surface area contributed by atoms with Crippen molar-refractivity contribution in [2.45, 2.75) is 52.3 Å². The van der Waals surface area contributed by atoms with Gasteiger partial charge in [-0.05, 0) is 57.4 Å². The normalized spacial score (nSPS) is 18.7. The molecule has 1 aliphatic rings. The largest absolute Gasteiger partial charge is 0.444 e. The minimum Gasteiger partial charge on any atom is -0.444 e. The Hall–Kier alpha value is -0.550. The fourth-order valence-corrected chi connectivity index (χ4v) is 3.35. The second kappa shape index (κ2) is 5.68. The van der Waals surface area contributed by atoms with Crippen LogP contribution in [0.5, 0.6) is 0 Å². The van der Waals surface area contributed by atoms with Crippen LogP contribution in [0.25, 0.3) is 0 Å². The lowest BCUT2D eigenvalue weighted by molar-refractivity contribution is 0.0137. The minimum absolute atomic E-state index is 0.128. The molecule has 0 saturated carbocycles. The fourth-order valence-electron chi connectivity index (χ4n) is 2.32. The number of hydrogen-bond acceptors (Lipinski definition) is 2. The molecule has 1 amide bonds. The molecule has 3 nitrogen and oxygen atoms in total. The summed E-state index contributed by atoms with van der Waals surface area (Å²) in [6, 6.07) is 4.17. The maximum absolute atomic E-state index is 12.3. The number of ether oxygens (including phenoxy) is 1. The molecule has 0 aromatic heterocycles. The van der Waals surface area contributed by atoms with Crippen molar-refractivity contribution in [3.63, 3.8) is 0 Å². The molecule has 0 aliphatic carbocycles. The Balaban J connectivity index is 2.28. The summed E-state index contributed by atoms with van der Waals surface area (Å²) in [6.45, 7) is 8.30. The molecule has 2 rings (SSSR count). The highest BCUT2D eigenvalue weighted by molar-refractivity contribution is 9.11. The smallest absolute Gasteiger partial charge is 0.410 e. The molecule has 0 N–H and O–H groups in total. The van der Waals surface area contributed by atoms with Gasteiger partial charge in [0.1, 0.15) is 5.60 Å². The van der Waals surface area contributed by atoms with Crippen LogP contribution in [0.15, 0.2) is 21.1 Å². The fraction of sp³-hybridized carbons (Fsp3) is 0.533. The molecule has 0 radical (unpaired) electrons. The Labute approximate surface area is 136 Å². The van der Waals surface area contributed by atoms with Gasteiger partial charge in [0.2, 0.25) is 0 Å². The monoisotopic (exact) mass is 403 g/mol. The van der Waals surface area contributed by atoms with Crippen LogP contribution < -0.4 is 0 Å². The first kappa shape index (κ1) is 15.8. The molecular weight excluding hydrogens is 386 g/mol. The third kappa shape index (κ3) is 3.37. The van der Waals surface area contributed by atoms with E-state index in [1.165, 1.54) is 5.56 Å². The summed E-state index contributed by atoms with van der Waals surface area (Å²) >= 11 is 7.17. The van der Waals surface area contributed by atoms with Crippen LogP contribution >= 0.6 is 31.9 Å². The van der Waals surface area contributed by atoms with Crippen molar-refractivity contribution in [3.05, 3.63) is 32.2 Å². The molecule has 20 heavy (non-hydrogen) atoms. The zero-order chi connectivity index (χ0) is 15.1. The lowest BCUT2D eigenvalue weighted by atomic mass is 9.95. The first-order valence-corrected chi connectivity index (χ1v) is 8.23. The van der Waals surface area contributed by atoms with Crippen molar-refractivity contribution < 1.29 is 9.53 Å². The summed E-state index contributed by atoms with van der Waals surface area (Å²) in [7, 11) is 0. The molecule has 1 aliphatic heterocycles. The van der Waals surface area contributed by atoms with Gasteiger partial charge in [-0.15, -0.1) is 0 Å². The van der Waals surface area contributed by atoms with E-state index < -0.39 is 5.60 Å². The van der Waals surface area contributed by atoms with E-state index in [9.17, 15) is 4.79 Å². The number of benzene rings is 1. The van der Waals surface area contributed by atoms with Gasteiger partial charge >= 0.3 is 6.09 Å². The van der Waals surface area contributed by atoms with Gasteiger partial charge in [0, 0.05) is 15.0 Å². The first-order chi connectivity index (χ1) is 9.19. The predicted molar refractivity (Wildman–Crippen MR) is 86.8 cm³/mol. The van der Waals surface area contributed by atoms with Gasteiger partial charge in [-0.3, -0.25) is 0 Å². The van der Waals surface area contributed by atoms with Crippen LogP contribution in [-0.2, 0) is 17.7 Å². The Morgan fingerprint density at radius 3 is 2.35 bits per heavy atom. The maximum atomic E-state index is 12.3. The summed E-state index contributed by atoms with van der Waals surface area (Å²) in [5.41, 5.74) is 1.96. The van der Waals surface area contributed by atoms with Crippen LogP contribution in [-0.4, -0.2) is 22.6 Å². The summed E-state index contributed by atoms with van der Waals surface area (Å²) < 4.78 is 7.63. The van der Waals surface area contributed by atoms with Gasteiger partial charge in [-0.2, -0.15) is 0 Å². The molecule has 1 aromatic carbocycles. The average Bonchev–Trinajstić information content (AvgIpc) is 2.31. The van der Waals surface area contributed by atoms with Gasteiger partial charge < -0.3 is 9.64 Å². The number of amides is 1. The van der Waals surface area contributed by atoms with E-state index >= 15 is 0 Å². The molecule has 1 atom stereocenters. The number of hydrogen-bond donors (Lipinski definition) is 0. The Morgan fingerprint density at radius 2 is 1.80 bits per heavy atom. The average molecular weight is 405 g/mol. The standard InChI is InChI=1S/C15H19Br2NO2/c1-9-7-10-11(13(17)6-5-12(10)16)8-18(9)14(19)20-15(2,3)4/h5-6,9H,7-8H2,1-4H3. The second-order valence-corrected chi connectivity index (χ2v) is 7.86. The van der Waals surface area contributed by atoms with E-state index in [1.54, 1.807) is 4.90 Å². The third-order valence-corrected chi connectivity index (χ3v) is 4.79. The van der Waals surface area contributed by atoms with E-state index in [0.29, 0.717) is 6.54 Å². The number of nitrogens with zero attached hydrogens (tertiary/aromatic N) is 1. The topological polar surface area (TPSA) is 29.5 Å². The summed E-state index contributed by atoms with van der Waals surface area (Å²) in [6.07, 6.45) is 0.580. The molecule has 1 unspecified atom stereocenters. The number of halogens is 2. The highest BCUT2D eigenvalue weighted by Crippen LogP contribution is 2.34. The van der Waals surface area contributed by atoms with E-state index in [4.69, 9.17) is 4.74 Å². The van der Waals surface area contributed by atoms with E-state index in [0.717, 1.165) is 20.9 Å². The highest BCUT2D eigenvalue weighted by Gasteiger charge is 2.32. The summed E-state index contributed by atoms with van der Waals surface area (Å²) in [4.78, 5) is 14.1. The Morgan fingerprint density at radius 1 is 1.25 bits per heavy atom. The quantitative estimate of drug-likeness (QED) is 0.615. The molecule has 0 spiro atoms. The lowest BCUT2D eigenvalue weighted by Gasteiger charge is -2.36. The zero-order valence-corrected chi connectivity index (χ0v) is 15.3. The summed E-state index contributed by atoms with van der Waals surface area (Å²) in [5, 5.41) is 0. The number of carbonyl (C=O) groups excluding carboxylic acids is 1. The Bertz CT molecular complexity index is 537. The molecular formula is C15H19Br2NO2. The van der Waals surface area contributed by atoms with Crippen LogP contribution in [0.4, 0.5) is 4.79 Å². The second-order valence-electron chi connectivity index (χ2n) is 6.15. The molecule has 0 bridgehead atoms. The van der Waals surface area contributed by atoms with Gasteiger partial charge in [-0.25, -0.2) is 4.79 Å². The van der Waals surface area contributed by atoms with Crippen LogP contribution in [0.3, 0.4) is 0 Å². The molecule has 1 aromatic rings. The van der Waals surface area contributed by atoms with E-state index in [1.807, 2.05) is 32.9 Å². The molecule has 0 fully saturated rings. The number of carbonyl (C=O) groups is 1. The Kier molecular flexibility index (Phi) is 4.50. The van der Waals surface area contributed by atoms with Gasteiger partial charge in [-0.1, -0.05) is 31.9 Å². The highest BCUT2D eigenvalue weighted by atomic mass is 79.9. The van der Waals surface area contributed by atoms with Crippen molar-refractivity contribution >= 4 is 38.0 Å². The van der Waals surface area contributed by atoms with Crippen molar-refractivity contribution in [2.75, 3.05) is 0 Å². The van der Waals surface area contributed by atoms with Gasteiger partial charge in [0.05, 0.1) is 6.54 Å². The number of fused-ring (bicyclic) bond motifs is 1. The van der Waals surface area contributed by atoms with Crippen molar-refractivity contribution in [3.8, 4) is 0 Å². The van der Waals surface area contributed by atoms with Gasteiger partial charge in [0.25, 0.3) is 0 Å². The van der Waals surface area contributed by atoms with Crippen LogP contribution in [0, 0.1) is 0 Å². The first-order valence-electron chi connectivity index (χ1n) is 6.64. The van der Waals surface area contributed by atoms with Crippen LogP contribution in [0.1, 0.15) is 38.8 Å². The van der Waals surface area contributed by atoms with Crippen molar-refractivity contribution in [1.29, 1.82) is 0 Å². The van der Waals surface area contributed by atoms with E-state index in [-0.39, 0.29) is 12.1 Å². The molecule has 5 heteroatoms. The summed E-state index contributed by atoms with van der Waals surface area (Å²) in [5.74, 6) is 0. The lowest BCUT2D eigenvalue weighted by Crippen LogP contribution is -2.45. The zero-order valence-electron chi connectivity index (χ0n) is 12.2. The van der Waals surface area contributed by atoms with Crippen LogP contribution in [0.2, 0.25) is 0 Å². The van der Waals surface area contributed by atoms with E-state index in [2.05, 4.69) is 38.8 Å². The minimum atomic E-state index is -0.467. The molecule has 0 saturated heterocycles. The van der Waals surface area contributed by atoms with Crippen molar-refractivity contribution in [2.24, 2.45) is 0 Å². The molecule has 1 heterocycles. The third-order valence-electron chi connectivity index (χ3n) is 3.30. The predicted octanol–water partition coefficient (Wildman–Crippen LogP) is 4.89.